The lowest BCUT2D eigenvalue weighted by molar-refractivity contribution is 1.18. The molecule has 0 saturated heterocycles. The second kappa shape index (κ2) is 24.3. The summed E-state index contributed by atoms with van der Waals surface area (Å²) in [5.74, 6) is 0. The molecule has 2 heteroatoms. The molecule has 1 aromatic carbocycles. The Balaban J connectivity index is -0.000000409. The predicted molar refractivity (Wildman–Crippen MR) is 141 cm³/mol. The summed E-state index contributed by atoms with van der Waals surface area (Å²) in [6.45, 7) is 19.5. The van der Waals surface area contributed by atoms with E-state index in [2.05, 4.69) is 76.1 Å². The molecule has 0 atom stereocenters. The van der Waals surface area contributed by atoms with Gasteiger partial charge in [-0.2, -0.15) is 0 Å². The van der Waals surface area contributed by atoms with E-state index < -0.39 is 0 Å². The van der Waals surface area contributed by atoms with E-state index in [0.717, 1.165) is 18.4 Å². The fourth-order valence-corrected chi connectivity index (χ4v) is 1.96. The van der Waals surface area contributed by atoms with Crippen LogP contribution in [0.3, 0.4) is 0 Å². The minimum atomic E-state index is 0.667. The molecule has 0 amide bonds. The van der Waals surface area contributed by atoms with Crippen molar-refractivity contribution < 1.29 is 0 Å². The molecule has 0 aliphatic heterocycles. The molecular formula is C28H44N2. The number of benzene rings is 1. The summed E-state index contributed by atoms with van der Waals surface area (Å²) in [5.41, 5.74) is 10.1. The summed E-state index contributed by atoms with van der Waals surface area (Å²) < 4.78 is 0. The van der Waals surface area contributed by atoms with E-state index >= 15 is 0 Å². The Morgan fingerprint density at radius 2 is 1.63 bits per heavy atom. The van der Waals surface area contributed by atoms with Crippen LogP contribution in [0.1, 0.15) is 58.6 Å². The zero-order valence-electron chi connectivity index (χ0n) is 20.3. The lowest BCUT2D eigenvalue weighted by Gasteiger charge is -1.95. The fraction of sp³-hybridized carbons (Fsp3) is 0.321. The molecular weight excluding hydrogens is 364 g/mol. The summed E-state index contributed by atoms with van der Waals surface area (Å²) in [4.78, 5) is 0. The molecule has 1 rings (SSSR count). The van der Waals surface area contributed by atoms with Gasteiger partial charge in [0.2, 0.25) is 0 Å². The summed E-state index contributed by atoms with van der Waals surface area (Å²) >= 11 is 0. The van der Waals surface area contributed by atoms with Gasteiger partial charge in [-0.25, -0.2) is 0 Å². The number of nitrogens with one attached hydrogen (secondary N) is 1. The van der Waals surface area contributed by atoms with E-state index in [-0.39, 0.29) is 0 Å². The van der Waals surface area contributed by atoms with Gasteiger partial charge in [0.25, 0.3) is 0 Å². The van der Waals surface area contributed by atoms with Gasteiger partial charge in [-0.05, 0) is 65.6 Å². The average molecular weight is 409 g/mol. The highest BCUT2D eigenvalue weighted by molar-refractivity contribution is 5.75. The van der Waals surface area contributed by atoms with Crippen LogP contribution in [0.4, 0.5) is 0 Å². The first-order valence-corrected chi connectivity index (χ1v) is 10.4. The predicted octanol–water partition coefficient (Wildman–Crippen LogP) is 8.24. The molecule has 3 N–H and O–H groups in total. The van der Waals surface area contributed by atoms with E-state index in [1.165, 1.54) is 23.7 Å². The van der Waals surface area contributed by atoms with Crippen LogP contribution in [0.25, 0.3) is 6.08 Å². The number of aryl methyl sites for hydroxylation is 1. The number of allylic oxidation sites excluding steroid dienone is 9. The normalized spacial score (nSPS) is 10.5. The number of hydrogen-bond acceptors (Lipinski definition) is 2. The molecule has 2 nitrogen and oxygen atoms in total. The minimum Gasteiger partial charge on any atom is -0.333 e. The van der Waals surface area contributed by atoms with E-state index in [0.29, 0.717) is 5.71 Å². The summed E-state index contributed by atoms with van der Waals surface area (Å²) in [6.07, 6.45) is 18.6. The Morgan fingerprint density at radius 3 is 2.07 bits per heavy atom. The molecule has 0 unspecified atom stereocenters. The van der Waals surface area contributed by atoms with Gasteiger partial charge in [0.15, 0.2) is 0 Å². The van der Waals surface area contributed by atoms with E-state index in [4.69, 9.17) is 5.41 Å². The molecule has 1 aromatic rings. The van der Waals surface area contributed by atoms with Gasteiger partial charge < -0.3 is 11.1 Å². The van der Waals surface area contributed by atoms with Gasteiger partial charge in [0, 0.05) is 5.71 Å². The van der Waals surface area contributed by atoms with Gasteiger partial charge in [-0.15, -0.1) is 0 Å². The molecule has 166 valence electrons. The maximum Gasteiger partial charge on any atom is 0.00272 e. The molecule has 0 saturated carbocycles. The smallest absolute Gasteiger partial charge is 0.00272 e. The first-order chi connectivity index (χ1) is 14.3. The lowest BCUT2D eigenvalue weighted by atomic mass is 10.1. The van der Waals surface area contributed by atoms with Crippen molar-refractivity contribution >= 4 is 11.8 Å². The highest BCUT2D eigenvalue weighted by Gasteiger charge is 1.87. The molecule has 0 fully saturated rings. The lowest BCUT2D eigenvalue weighted by Crippen LogP contribution is -1.75. The van der Waals surface area contributed by atoms with Crippen molar-refractivity contribution in [2.75, 3.05) is 7.05 Å². The van der Waals surface area contributed by atoms with Crippen molar-refractivity contribution in [3.63, 3.8) is 0 Å². The van der Waals surface area contributed by atoms with Gasteiger partial charge in [0.1, 0.15) is 0 Å². The molecule has 0 heterocycles. The van der Waals surface area contributed by atoms with Gasteiger partial charge in [-0.1, -0.05) is 104 Å². The zero-order valence-corrected chi connectivity index (χ0v) is 20.3. The first-order valence-electron chi connectivity index (χ1n) is 10.4. The van der Waals surface area contributed by atoms with Gasteiger partial charge in [0.05, 0.1) is 0 Å². The zero-order chi connectivity index (χ0) is 23.8. The van der Waals surface area contributed by atoms with Crippen LogP contribution >= 0.6 is 0 Å². The van der Waals surface area contributed by atoms with E-state index in [1.54, 1.807) is 13.8 Å². The average Bonchev–Trinajstić information content (AvgIpc) is 2.70. The van der Waals surface area contributed by atoms with Crippen molar-refractivity contribution in [3.8, 4) is 0 Å². The van der Waals surface area contributed by atoms with Crippen LogP contribution < -0.4 is 5.73 Å². The Labute approximate surface area is 186 Å². The van der Waals surface area contributed by atoms with Crippen molar-refractivity contribution in [2.45, 2.75) is 54.4 Å². The highest BCUT2D eigenvalue weighted by Crippen LogP contribution is 2.07. The maximum atomic E-state index is 6.50. The highest BCUT2D eigenvalue weighted by atomic mass is 14.4. The second-order valence-corrected chi connectivity index (χ2v) is 6.58. The van der Waals surface area contributed by atoms with Gasteiger partial charge >= 0.3 is 0 Å². The molecule has 0 aliphatic rings. The molecule has 0 radical (unpaired) electrons. The Hall–Kier alpha value is -2.71. The van der Waals surface area contributed by atoms with Crippen LogP contribution in [0.15, 0.2) is 91.1 Å². The van der Waals surface area contributed by atoms with Crippen LogP contribution in [-0.2, 0) is 0 Å². The standard InChI is InChI=1S/C15H22.C9H10.C3H7N.CH5N/c1-5-7-9-11-14(3)13-15(4)12-10-8-6-2;1-3-9-7-5-4-6-8(9)2;1-3(2)4;1-2/h6-10,12-13H,3,5,11H2,1-2,4H3;3-7H,1H2,2H3;4H,1-2H3;2H2,1H3/b8-6-,9-7+,12-10-,15-13-;;;. The maximum absolute atomic E-state index is 6.50. The van der Waals surface area contributed by atoms with E-state index in [1.807, 2.05) is 43.4 Å². The molecule has 0 spiro atoms. The second-order valence-electron chi connectivity index (χ2n) is 6.58. The van der Waals surface area contributed by atoms with Crippen molar-refractivity contribution in [1.82, 2.24) is 0 Å². The third kappa shape index (κ3) is 25.3. The largest absolute Gasteiger partial charge is 0.333 e. The third-order valence-electron chi connectivity index (χ3n) is 3.29. The van der Waals surface area contributed by atoms with Crippen LogP contribution in [0, 0.1) is 12.3 Å². The number of hydrogen-bond donors (Lipinski definition) is 2. The van der Waals surface area contributed by atoms with Crippen molar-refractivity contribution in [2.24, 2.45) is 5.73 Å². The minimum absolute atomic E-state index is 0.667. The summed E-state index contributed by atoms with van der Waals surface area (Å²) in [7, 11) is 1.50. The number of rotatable bonds is 7. The SMILES string of the molecule is C=C(\C=C(C)/C=C\C=C/C)C/C=C/CC.C=Cc1ccccc1C.CC(C)=N.CN. The van der Waals surface area contributed by atoms with Crippen molar-refractivity contribution in [1.29, 1.82) is 5.41 Å². The monoisotopic (exact) mass is 408 g/mol. The summed E-state index contributed by atoms with van der Waals surface area (Å²) in [5, 5.41) is 6.50. The topological polar surface area (TPSA) is 49.9 Å². The van der Waals surface area contributed by atoms with Crippen LogP contribution in [-0.4, -0.2) is 12.8 Å². The molecule has 30 heavy (non-hydrogen) atoms. The van der Waals surface area contributed by atoms with Crippen LogP contribution in [0.2, 0.25) is 0 Å². The van der Waals surface area contributed by atoms with Crippen molar-refractivity contribution in [3.05, 3.63) is 102 Å². The first kappa shape index (κ1) is 32.0. The quantitative estimate of drug-likeness (QED) is 0.266. The Kier molecular flexibility index (Phi) is 25.9. The van der Waals surface area contributed by atoms with E-state index in [9.17, 15) is 0 Å². The Morgan fingerprint density at radius 1 is 1.07 bits per heavy atom. The summed E-state index contributed by atoms with van der Waals surface area (Å²) in [6, 6.07) is 8.19. The molecule has 0 aromatic heterocycles. The molecule has 0 aliphatic carbocycles. The Bertz CT molecular complexity index is 697. The third-order valence-corrected chi connectivity index (χ3v) is 3.29. The van der Waals surface area contributed by atoms with Crippen LogP contribution in [0.5, 0.6) is 0 Å². The fourth-order valence-electron chi connectivity index (χ4n) is 1.96. The molecule has 0 bridgehead atoms. The van der Waals surface area contributed by atoms with Gasteiger partial charge in [-0.3, -0.25) is 0 Å². The number of nitrogens with two attached hydrogens (primary N) is 1.